The number of aldehydes is 1. The van der Waals surface area contributed by atoms with Crippen LogP contribution in [-0.4, -0.2) is 23.6 Å². The second-order valence-electron chi connectivity index (χ2n) is 4.09. The Balaban J connectivity index is 2.60. The molecule has 0 spiro atoms. The lowest BCUT2D eigenvalue weighted by atomic mass is 9.98. The Morgan fingerprint density at radius 1 is 1.26 bits per heavy atom. The summed E-state index contributed by atoms with van der Waals surface area (Å²) in [4.78, 5) is 11.1. The number of methoxy groups -OCH3 is 1. The predicted molar refractivity (Wildman–Crippen MR) is 71.4 cm³/mol. The minimum atomic E-state index is -0.0770. The lowest BCUT2D eigenvalue weighted by Crippen LogP contribution is -1.92. The van der Waals surface area contributed by atoms with Gasteiger partial charge in [0, 0.05) is 5.56 Å². The van der Waals surface area contributed by atoms with Crippen molar-refractivity contribution in [2.75, 3.05) is 7.11 Å². The summed E-state index contributed by atoms with van der Waals surface area (Å²) in [7, 11) is 1.43. The maximum atomic E-state index is 11.1. The van der Waals surface area contributed by atoms with E-state index in [1.807, 2.05) is 6.07 Å². The molecule has 2 aromatic rings. The molecule has 0 atom stereocenters. The highest BCUT2D eigenvalue weighted by Crippen LogP contribution is 2.34. The first-order valence-corrected chi connectivity index (χ1v) is 5.76. The van der Waals surface area contributed by atoms with Crippen molar-refractivity contribution in [2.24, 2.45) is 0 Å². The number of phenolic OH excluding ortho intramolecular Hbond substituents is 1. The molecule has 0 aliphatic carbocycles. The number of hydrogen-bond acceptors (Lipinski definition) is 4. The Morgan fingerprint density at radius 2 is 2.05 bits per heavy atom. The van der Waals surface area contributed by atoms with Crippen molar-refractivity contribution >= 4 is 6.29 Å². The van der Waals surface area contributed by atoms with Crippen LogP contribution in [0.3, 0.4) is 0 Å². The first-order chi connectivity index (χ1) is 9.19. The highest BCUT2D eigenvalue weighted by Gasteiger charge is 2.11. The van der Waals surface area contributed by atoms with Gasteiger partial charge in [0.2, 0.25) is 0 Å². The van der Waals surface area contributed by atoms with Crippen molar-refractivity contribution in [2.45, 2.75) is 6.61 Å². The largest absolute Gasteiger partial charge is 0.504 e. The fourth-order valence-electron chi connectivity index (χ4n) is 1.93. The van der Waals surface area contributed by atoms with E-state index >= 15 is 0 Å². The number of aromatic hydroxyl groups is 1. The summed E-state index contributed by atoms with van der Waals surface area (Å²) >= 11 is 0. The third-order valence-corrected chi connectivity index (χ3v) is 2.90. The summed E-state index contributed by atoms with van der Waals surface area (Å²) < 4.78 is 4.97. The van der Waals surface area contributed by atoms with Gasteiger partial charge in [0.05, 0.1) is 13.7 Å². The summed E-state index contributed by atoms with van der Waals surface area (Å²) in [5, 5.41) is 18.9. The SMILES string of the molecule is COc1cc(C=O)c(-c2cccc(CO)c2)cc1O. The number of carbonyl (C=O) groups excluding carboxylic acids is 1. The molecular weight excluding hydrogens is 244 g/mol. The second-order valence-corrected chi connectivity index (χ2v) is 4.09. The molecule has 0 saturated heterocycles. The van der Waals surface area contributed by atoms with Crippen LogP contribution >= 0.6 is 0 Å². The quantitative estimate of drug-likeness (QED) is 0.826. The van der Waals surface area contributed by atoms with Gasteiger partial charge in [-0.1, -0.05) is 18.2 Å². The molecule has 0 aromatic heterocycles. The predicted octanol–water partition coefficient (Wildman–Crippen LogP) is 2.37. The van der Waals surface area contributed by atoms with Gasteiger partial charge in [-0.25, -0.2) is 0 Å². The van der Waals surface area contributed by atoms with Crippen molar-refractivity contribution in [3.8, 4) is 22.6 Å². The number of ether oxygens (including phenoxy) is 1. The fourth-order valence-corrected chi connectivity index (χ4v) is 1.93. The summed E-state index contributed by atoms with van der Waals surface area (Å²) in [5.41, 5.74) is 2.52. The molecule has 0 fully saturated rings. The van der Waals surface area contributed by atoms with E-state index in [0.717, 1.165) is 11.1 Å². The molecular formula is C15H14O4. The molecule has 0 bridgehead atoms. The van der Waals surface area contributed by atoms with Gasteiger partial charge in [-0.05, 0) is 34.9 Å². The molecule has 4 nitrogen and oxygen atoms in total. The molecule has 98 valence electrons. The van der Waals surface area contributed by atoms with Crippen LogP contribution in [0.2, 0.25) is 0 Å². The highest BCUT2D eigenvalue weighted by molar-refractivity contribution is 5.89. The summed E-state index contributed by atoms with van der Waals surface area (Å²) in [6.45, 7) is -0.0770. The minimum absolute atomic E-state index is 0.0301. The monoisotopic (exact) mass is 258 g/mol. The first-order valence-electron chi connectivity index (χ1n) is 5.76. The summed E-state index contributed by atoms with van der Waals surface area (Å²) in [6.07, 6.45) is 0.711. The van der Waals surface area contributed by atoms with Crippen molar-refractivity contribution < 1.29 is 19.7 Å². The van der Waals surface area contributed by atoms with Gasteiger partial charge in [0.15, 0.2) is 17.8 Å². The van der Waals surface area contributed by atoms with Crippen LogP contribution in [0, 0.1) is 0 Å². The molecule has 0 aliphatic heterocycles. The van der Waals surface area contributed by atoms with Gasteiger partial charge in [0.25, 0.3) is 0 Å². The lowest BCUT2D eigenvalue weighted by molar-refractivity contribution is 0.112. The van der Waals surface area contributed by atoms with E-state index in [1.54, 1.807) is 18.2 Å². The molecule has 2 aromatic carbocycles. The molecule has 0 unspecified atom stereocenters. The Hall–Kier alpha value is -2.33. The van der Waals surface area contributed by atoms with E-state index < -0.39 is 0 Å². The van der Waals surface area contributed by atoms with Gasteiger partial charge in [-0.3, -0.25) is 4.79 Å². The van der Waals surface area contributed by atoms with E-state index in [0.29, 0.717) is 17.4 Å². The van der Waals surface area contributed by atoms with Gasteiger partial charge in [0.1, 0.15) is 0 Å². The highest BCUT2D eigenvalue weighted by atomic mass is 16.5. The van der Waals surface area contributed by atoms with E-state index in [-0.39, 0.29) is 18.1 Å². The normalized spacial score (nSPS) is 10.2. The first kappa shape index (κ1) is 13.1. The van der Waals surface area contributed by atoms with E-state index in [2.05, 4.69) is 0 Å². The minimum Gasteiger partial charge on any atom is -0.504 e. The Bertz CT molecular complexity index is 605. The van der Waals surface area contributed by atoms with Crippen molar-refractivity contribution in [3.05, 3.63) is 47.5 Å². The Morgan fingerprint density at radius 3 is 2.68 bits per heavy atom. The zero-order valence-electron chi connectivity index (χ0n) is 10.5. The molecule has 0 aliphatic rings. The molecule has 0 radical (unpaired) electrons. The lowest BCUT2D eigenvalue weighted by Gasteiger charge is -2.10. The van der Waals surface area contributed by atoms with Crippen LogP contribution < -0.4 is 4.74 Å². The van der Waals surface area contributed by atoms with Crippen molar-refractivity contribution in [1.82, 2.24) is 0 Å². The van der Waals surface area contributed by atoms with Gasteiger partial charge < -0.3 is 14.9 Å². The summed E-state index contributed by atoms with van der Waals surface area (Å²) in [5.74, 6) is 0.224. The maximum Gasteiger partial charge on any atom is 0.161 e. The number of carbonyl (C=O) groups is 1. The molecule has 4 heteroatoms. The number of hydrogen-bond donors (Lipinski definition) is 2. The third kappa shape index (κ3) is 2.58. The molecule has 0 amide bonds. The number of phenols is 1. The smallest absolute Gasteiger partial charge is 0.161 e. The van der Waals surface area contributed by atoms with E-state index in [4.69, 9.17) is 9.84 Å². The average Bonchev–Trinajstić information content (AvgIpc) is 2.47. The standard InChI is InChI=1S/C15H14O4/c1-19-15-6-12(9-17)13(7-14(15)18)11-4-2-3-10(5-11)8-16/h2-7,9,16,18H,8H2,1H3. The van der Waals surface area contributed by atoms with Gasteiger partial charge in [-0.2, -0.15) is 0 Å². The molecule has 2 N–H and O–H groups in total. The van der Waals surface area contributed by atoms with Gasteiger partial charge >= 0.3 is 0 Å². The van der Waals surface area contributed by atoms with Crippen molar-refractivity contribution in [1.29, 1.82) is 0 Å². The Labute approximate surface area is 110 Å². The average molecular weight is 258 g/mol. The number of aliphatic hydroxyl groups is 1. The van der Waals surface area contributed by atoms with Crippen LogP contribution in [-0.2, 0) is 6.61 Å². The van der Waals surface area contributed by atoms with Crippen LogP contribution in [0.4, 0.5) is 0 Å². The molecule has 0 heterocycles. The number of benzene rings is 2. The third-order valence-electron chi connectivity index (χ3n) is 2.90. The molecule has 19 heavy (non-hydrogen) atoms. The van der Waals surface area contributed by atoms with Crippen LogP contribution in [0.25, 0.3) is 11.1 Å². The zero-order chi connectivity index (χ0) is 13.8. The van der Waals surface area contributed by atoms with Crippen LogP contribution in [0.5, 0.6) is 11.5 Å². The van der Waals surface area contributed by atoms with E-state index in [1.165, 1.54) is 19.2 Å². The number of rotatable bonds is 4. The molecule has 0 saturated carbocycles. The van der Waals surface area contributed by atoms with Crippen LogP contribution in [0.1, 0.15) is 15.9 Å². The van der Waals surface area contributed by atoms with Gasteiger partial charge in [-0.15, -0.1) is 0 Å². The molecule has 2 rings (SSSR count). The second kappa shape index (κ2) is 5.54. The fraction of sp³-hybridized carbons (Fsp3) is 0.133. The van der Waals surface area contributed by atoms with Crippen LogP contribution in [0.15, 0.2) is 36.4 Å². The summed E-state index contributed by atoms with van der Waals surface area (Å²) in [6, 6.07) is 10.1. The Kier molecular flexibility index (Phi) is 3.82. The number of aliphatic hydroxyl groups excluding tert-OH is 1. The zero-order valence-corrected chi connectivity index (χ0v) is 10.5. The van der Waals surface area contributed by atoms with Crippen molar-refractivity contribution in [3.63, 3.8) is 0 Å². The maximum absolute atomic E-state index is 11.1. The topological polar surface area (TPSA) is 66.8 Å². The van der Waals surface area contributed by atoms with E-state index in [9.17, 15) is 9.90 Å².